The first-order valence-electron chi connectivity index (χ1n) is 12.9. The number of fused-ring (bicyclic) bond motifs is 1. The summed E-state index contributed by atoms with van der Waals surface area (Å²) in [5.74, 6) is 0.666. The minimum atomic E-state index is -0.971. The van der Waals surface area contributed by atoms with Gasteiger partial charge >= 0.3 is 12.1 Å². The van der Waals surface area contributed by atoms with Crippen LogP contribution >= 0.6 is 0 Å². The fourth-order valence-corrected chi connectivity index (χ4v) is 4.47. The van der Waals surface area contributed by atoms with Gasteiger partial charge in [-0.1, -0.05) is 30.9 Å². The fourth-order valence-electron chi connectivity index (χ4n) is 4.47. The van der Waals surface area contributed by atoms with Gasteiger partial charge in [0.1, 0.15) is 24.2 Å². The van der Waals surface area contributed by atoms with Gasteiger partial charge in [0.15, 0.2) is 5.96 Å². The Bertz CT molecular complexity index is 1190. The van der Waals surface area contributed by atoms with E-state index in [1.807, 2.05) is 18.2 Å². The van der Waals surface area contributed by atoms with Crippen LogP contribution in [0.2, 0.25) is 0 Å². The van der Waals surface area contributed by atoms with Crippen molar-refractivity contribution in [3.63, 3.8) is 0 Å². The molecule has 4 rings (SSSR count). The number of nitrogens with zero attached hydrogens (tertiary/aromatic N) is 2. The number of benzene rings is 2. The molecular formula is C28H34N4O7. The van der Waals surface area contributed by atoms with Crippen LogP contribution in [0.5, 0.6) is 11.5 Å². The molecule has 0 amide bonds. The van der Waals surface area contributed by atoms with Gasteiger partial charge < -0.3 is 34.4 Å². The highest BCUT2D eigenvalue weighted by atomic mass is 16.8. The summed E-state index contributed by atoms with van der Waals surface area (Å²) in [4.78, 5) is 31.4. The van der Waals surface area contributed by atoms with Crippen molar-refractivity contribution in [2.45, 2.75) is 38.5 Å². The molecule has 0 aliphatic carbocycles. The molecule has 11 nitrogen and oxygen atoms in total. The Balaban J connectivity index is 1.40. The van der Waals surface area contributed by atoms with Crippen LogP contribution < -0.4 is 15.2 Å². The van der Waals surface area contributed by atoms with Gasteiger partial charge in [-0.25, -0.2) is 9.59 Å². The molecule has 0 radical (unpaired) electrons. The summed E-state index contributed by atoms with van der Waals surface area (Å²) in [5.41, 5.74) is 8.46. The average Bonchev–Trinajstić information content (AvgIpc) is 3.37. The topological polar surface area (TPSA) is 137 Å². The van der Waals surface area contributed by atoms with E-state index in [-0.39, 0.29) is 25.3 Å². The molecule has 2 aliphatic heterocycles. The lowest BCUT2D eigenvalue weighted by Crippen LogP contribution is -2.40. The van der Waals surface area contributed by atoms with Crippen molar-refractivity contribution >= 4 is 18.1 Å². The van der Waals surface area contributed by atoms with Crippen molar-refractivity contribution in [1.82, 2.24) is 9.96 Å². The molecule has 2 aliphatic rings. The van der Waals surface area contributed by atoms with Crippen molar-refractivity contribution < 1.29 is 33.4 Å². The summed E-state index contributed by atoms with van der Waals surface area (Å²) in [6, 6.07) is 12.8. The minimum Gasteiger partial charge on any atom is -0.489 e. The molecule has 2 atom stereocenters. The number of nitrogens with one attached hydrogen (secondary N) is 1. The molecular weight excluding hydrogens is 504 g/mol. The van der Waals surface area contributed by atoms with Crippen molar-refractivity contribution in [3.8, 4) is 11.5 Å². The zero-order valence-corrected chi connectivity index (χ0v) is 22.0. The summed E-state index contributed by atoms with van der Waals surface area (Å²) in [6.45, 7) is 7.67. The van der Waals surface area contributed by atoms with E-state index in [2.05, 4.69) is 6.58 Å². The van der Waals surface area contributed by atoms with Gasteiger partial charge in [-0.3, -0.25) is 5.41 Å². The number of hydroxylamine groups is 2. The van der Waals surface area contributed by atoms with Crippen LogP contribution in [-0.4, -0.2) is 67.0 Å². The molecule has 0 aromatic heterocycles. The zero-order valence-electron chi connectivity index (χ0n) is 22.0. The lowest BCUT2D eigenvalue weighted by molar-refractivity contribution is -0.151. The van der Waals surface area contributed by atoms with Crippen LogP contribution in [-0.2, 0) is 32.1 Å². The van der Waals surface area contributed by atoms with Gasteiger partial charge in [-0.05, 0) is 48.7 Å². The molecule has 1 unspecified atom stereocenters. The number of rotatable bonds is 10. The third-order valence-electron chi connectivity index (χ3n) is 6.40. The molecule has 2 aromatic carbocycles. The fraction of sp³-hybridized carbons (Fsp3) is 0.393. The largest absolute Gasteiger partial charge is 0.528 e. The molecule has 0 spiro atoms. The van der Waals surface area contributed by atoms with Gasteiger partial charge in [-0.15, -0.1) is 5.06 Å². The molecule has 11 heteroatoms. The Kier molecular flexibility index (Phi) is 9.27. The predicted molar refractivity (Wildman–Crippen MR) is 142 cm³/mol. The van der Waals surface area contributed by atoms with E-state index in [1.165, 1.54) is 16.7 Å². The highest BCUT2D eigenvalue weighted by Gasteiger charge is 2.29. The second-order valence-electron chi connectivity index (χ2n) is 9.16. The normalized spacial score (nSPS) is 17.5. The van der Waals surface area contributed by atoms with E-state index in [1.54, 1.807) is 36.1 Å². The monoisotopic (exact) mass is 538 g/mol. The molecule has 0 saturated carbocycles. The number of ether oxygens (including phenoxy) is 4. The number of guanidine groups is 1. The Morgan fingerprint density at radius 3 is 2.62 bits per heavy atom. The maximum Gasteiger partial charge on any atom is 0.528 e. The Morgan fingerprint density at radius 1 is 1.13 bits per heavy atom. The molecule has 0 bridgehead atoms. The Morgan fingerprint density at radius 2 is 1.90 bits per heavy atom. The molecule has 39 heavy (non-hydrogen) atoms. The SMILES string of the molecule is C=CCOC(=O)ON1CC[C@H](Oc2ccc(C(Oc3ccc4c(c3)CN(C(=N)N)CC4)C(=O)OCC)cc2)C1. The molecule has 1 fully saturated rings. The Labute approximate surface area is 227 Å². The van der Waals surface area contributed by atoms with Crippen LogP contribution in [0.25, 0.3) is 0 Å². The summed E-state index contributed by atoms with van der Waals surface area (Å²) in [5, 5.41) is 9.23. The van der Waals surface area contributed by atoms with Crippen molar-refractivity contribution in [3.05, 3.63) is 71.8 Å². The number of esters is 1. The van der Waals surface area contributed by atoms with Crippen LogP contribution in [0, 0.1) is 5.41 Å². The van der Waals surface area contributed by atoms with Gasteiger partial charge in [0.25, 0.3) is 0 Å². The summed E-state index contributed by atoms with van der Waals surface area (Å²) in [7, 11) is 0. The van der Waals surface area contributed by atoms with E-state index >= 15 is 0 Å². The number of carbonyl (C=O) groups is 2. The van der Waals surface area contributed by atoms with Crippen LogP contribution in [0.15, 0.2) is 55.1 Å². The smallest absolute Gasteiger partial charge is 0.489 e. The molecule has 2 aromatic rings. The van der Waals surface area contributed by atoms with Gasteiger partial charge in [0.2, 0.25) is 6.10 Å². The Hall–Kier alpha value is -4.25. The number of carbonyl (C=O) groups excluding carboxylic acids is 2. The maximum atomic E-state index is 12.8. The molecule has 3 N–H and O–H groups in total. The summed E-state index contributed by atoms with van der Waals surface area (Å²) in [6.07, 6.45) is 0.993. The second-order valence-corrected chi connectivity index (χ2v) is 9.16. The maximum absolute atomic E-state index is 12.8. The van der Waals surface area contributed by atoms with Crippen LogP contribution in [0.1, 0.15) is 36.1 Å². The van der Waals surface area contributed by atoms with Crippen molar-refractivity contribution in [2.24, 2.45) is 5.73 Å². The number of nitrogens with two attached hydrogens (primary N) is 1. The van der Waals surface area contributed by atoms with Crippen molar-refractivity contribution in [1.29, 1.82) is 5.41 Å². The van der Waals surface area contributed by atoms with Gasteiger partial charge in [0.05, 0.1) is 13.2 Å². The molecule has 208 valence electrons. The number of hydrogen-bond acceptors (Lipinski definition) is 9. The minimum absolute atomic E-state index is 0.0301. The first-order chi connectivity index (χ1) is 18.9. The quantitative estimate of drug-likeness (QED) is 0.201. The third-order valence-corrected chi connectivity index (χ3v) is 6.40. The molecule has 2 heterocycles. The second kappa shape index (κ2) is 13.0. The summed E-state index contributed by atoms with van der Waals surface area (Å²) < 4.78 is 22.3. The van der Waals surface area contributed by atoms with Crippen molar-refractivity contribution in [2.75, 3.05) is 32.8 Å². The van der Waals surface area contributed by atoms with E-state index in [0.29, 0.717) is 49.7 Å². The van der Waals surface area contributed by atoms with Crippen LogP contribution in [0.4, 0.5) is 4.79 Å². The van der Waals surface area contributed by atoms with E-state index in [9.17, 15) is 9.59 Å². The lowest BCUT2D eigenvalue weighted by atomic mass is 9.99. The van der Waals surface area contributed by atoms with E-state index in [4.69, 9.17) is 34.9 Å². The molecule has 1 saturated heterocycles. The standard InChI is InChI=1S/C28H34N4O7/c1-3-15-36-28(34)39-32-14-12-24(18-32)37-22-8-6-20(7-9-22)25(26(33)35-4-2)38-23-10-5-19-11-13-31(27(29)30)17-21(19)16-23/h3,5-10,16,24-25H,1,4,11-15,17-18H2,2H3,(H3,29,30)/t24-,25?/m0/s1. The third kappa shape index (κ3) is 7.41. The number of hydrogen-bond donors (Lipinski definition) is 2. The van der Waals surface area contributed by atoms with E-state index < -0.39 is 18.2 Å². The summed E-state index contributed by atoms with van der Waals surface area (Å²) >= 11 is 0. The first kappa shape index (κ1) is 27.8. The average molecular weight is 539 g/mol. The van der Waals surface area contributed by atoms with Gasteiger partial charge in [0, 0.05) is 31.6 Å². The predicted octanol–water partition coefficient (Wildman–Crippen LogP) is 3.33. The highest BCUT2D eigenvalue weighted by molar-refractivity contribution is 5.77. The van der Waals surface area contributed by atoms with Crippen LogP contribution in [0.3, 0.4) is 0 Å². The van der Waals surface area contributed by atoms with Gasteiger partial charge in [-0.2, -0.15) is 0 Å². The zero-order chi connectivity index (χ0) is 27.8. The van der Waals surface area contributed by atoms with E-state index in [0.717, 1.165) is 12.0 Å². The highest BCUT2D eigenvalue weighted by Crippen LogP contribution is 2.29. The lowest BCUT2D eigenvalue weighted by Gasteiger charge is -2.29. The first-order valence-corrected chi connectivity index (χ1v) is 12.9.